The average molecular weight is 486 g/mol. The maximum Gasteiger partial charge on any atom is 0.344 e. The van der Waals surface area contributed by atoms with E-state index < -0.39 is 17.9 Å². The number of carbonyl (C=O) groups is 3. The molecule has 0 spiro atoms. The molecule has 0 aliphatic heterocycles. The Bertz CT molecular complexity index is 972. The predicted molar refractivity (Wildman–Crippen MR) is 133 cm³/mol. The second-order valence-corrected chi connectivity index (χ2v) is 8.11. The first kappa shape index (κ1) is 27.7. The molecule has 2 aromatic rings. The topological polar surface area (TPSA) is 111 Å². The van der Waals surface area contributed by atoms with Crippen LogP contribution in [-0.4, -0.2) is 42.8 Å². The molecule has 0 saturated carbocycles. The largest absolute Gasteiger partial charge is 0.494 e. The average Bonchev–Trinajstić information content (AvgIpc) is 2.85. The normalized spacial score (nSPS) is 11.4. The van der Waals surface area contributed by atoms with Crippen LogP contribution in [0.2, 0.25) is 0 Å². The molecule has 0 saturated heterocycles. The Kier molecular flexibility index (Phi) is 11.6. The second-order valence-electron chi connectivity index (χ2n) is 8.11. The van der Waals surface area contributed by atoms with Crippen molar-refractivity contribution in [2.75, 3.05) is 25.1 Å². The highest BCUT2D eigenvalue weighted by Crippen LogP contribution is 2.28. The number of carboxylic acid groups (broad SMARTS) is 1. The lowest BCUT2D eigenvalue weighted by Gasteiger charge is -2.16. The van der Waals surface area contributed by atoms with Gasteiger partial charge in [-0.05, 0) is 68.1 Å². The third-order valence-electron chi connectivity index (χ3n) is 5.40. The number of carboxylic acids is 1. The molecule has 0 aromatic heterocycles. The highest BCUT2D eigenvalue weighted by atomic mass is 16.6. The molecule has 2 aromatic carbocycles. The Morgan fingerprint density at radius 2 is 1.71 bits per heavy atom. The van der Waals surface area contributed by atoms with Gasteiger partial charge in [0.05, 0.1) is 24.8 Å². The quantitative estimate of drug-likeness (QED) is 0.267. The fourth-order valence-corrected chi connectivity index (χ4v) is 3.40. The van der Waals surface area contributed by atoms with Crippen molar-refractivity contribution < 1.29 is 33.7 Å². The van der Waals surface area contributed by atoms with Gasteiger partial charge in [0.2, 0.25) is 0 Å². The summed E-state index contributed by atoms with van der Waals surface area (Å²) in [6, 6.07) is 11.9. The zero-order chi connectivity index (χ0) is 25.6. The van der Waals surface area contributed by atoms with Gasteiger partial charge in [0.1, 0.15) is 11.5 Å². The Balaban J connectivity index is 2.17. The number of hydrogen-bond donors (Lipinski definition) is 2. The summed E-state index contributed by atoms with van der Waals surface area (Å²) in [5, 5.41) is 12.2. The van der Waals surface area contributed by atoms with Crippen molar-refractivity contribution in [1.29, 1.82) is 0 Å². The number of rotatable bonds is 15. The molecule has 0 radical (unpaired) electrons. The molecule has 0 bridgehead atoms. The molecular weight excluding hydrogens is 450 g/mol. The van der Waals surface area contributed by atoms with Gasteiger partial charge < -0.3 is 24.6 Å². The maximum atomic E-state index is 12.9. The summed E-state index contributed by atoms with van der Waals surface area (Å²) < 4.78 is 16.2. The standard InChI is InChI=1S/C27H35NO7/c1-4-7-8-15-34-22-12-10-21(11-13-22)26(30)28-23-17-19(16-20(5-2)27(31)32)9-14-24(23)35-18-25(29)33-6-3/h9-14,17,20H,4-8,15-16,18H2,1-3H3,(H,28,30)(H,31,32). The number of hydrogen-bond acceptors (Lipinski definition) is 6. The fourth-order valence-electron chi connectivity index (χ4n) is 3.40. The van der Waals surface area contributed by atoms with E-state index in [2.05, 4.69) is 12.2 Å². The minimum Gasteiger partial charge on any atom is -0.494 e. The van der Waals surface area contributed by atoms with Crippen LogP contribution in [0.1, 0.15) is 62.4 Å². The lowest BCUT2D eigenvalue weighted by atomic mass is 9.96. The minimum atomic E-state index is -0.877. The third-order valence-corrected chi connectivity index (χ3v) is 5.40. The molecule has 8 heteroatoms. The van der Waals surface area contributed by atoms with Gasteiger partial charge in [-0.1, -0.05) is 32.8 Å². The number of nitrogens with one attached hydrogen (secondary N) is 1. The number of amides is 1. The lowest BCUT2D eigenvalue weighted by Crippen LogP contribution is -2.18. The van der Waals surface area contributed by atoms with Gasteiger partial charge in [0.15, 0.2) is 6.61 Å². The van der Waals surface area contributed by atoms with Crippen LogP contribution in [0, 0.1) is 5.92 Å². The highest BCUT2D eigenvalue weighted by molar-refractivity contribution is 6.05. The first-order valence-electron chi connectivity index (χ1n) is 12.1. The van der Waals surface area contributed by atoms with Crippen LogP contribution in [-0.2, 0) is 20.7 Å². The first-order chi connectivity index (χ1) is 16.9. The molecule has 8 nitrogen and oxygen atoms in total. The van der Waals surface area contributed by atoms with E-state index >= 15 is 0 Å². The molecule has 1 atom stereocenters. The summed E-state index contributed by atoms with van der Waals surface area (Å²) in [4.78, 5) is 36.1. The highest BCUT2D eigenvalue weighted by Gasteiger charge is 2.18. The molecule has 0 aliphatic carbocycles. The van der Waals surface area contributed by atoms with E-state index in [1.807, 2.05) is 6.92 Å². The second kappa shape index (κ2) is 14.7. The van der Waals surface area contributed by atoms with Crippen molar-refractivity contribution in [3.8, 4) is 11.5 Å². The van der Waals surface area contributed by atoms with Crippen molar-refractivity contribution in [2.24, 2.45) is 5.92 Å². The van der Waals surface area contributed by atoms with Crippen molar-refractivity contribution in [2.45, 2.75) is 52.9 Å². The number of unbranched alkanes of at least 4 members (excludes halogenated alkanes) is 2. The van der Waals surface area contributed by atoms with Crippen LogP contribution in [0.5, 0.6) is 11.5 Å². The van der Waals surface area contributed by atoms with Crippen molar-refractivity contribution in [3.05, 3.63) is 53.6 Å². The molecule has 2 N–H and O–H groups in total. The van der Waals surface area contributed by atoms with Crippen LogP contribution < -0.4 is 14.8 Å². The Morgan fingerprint density at radius 1 is 0.971 bits per heavy atom. The predicted octanol–water partition coefficient (Wildman–Crippen LogP) is 5.10. The van der Waals surface area contributed by atoms with Crippen LogP contribution >= 0.6 is 0 Å². The zero-order valence-corrected chi connectivity index (χ0v) is 20.7. The van der Waals surface area contributed by atoms with E-state index in [0.717, 1.165) is 24.8 Å². The number of aliphatic carboxylic acids is 1. The van der Waals surface area contributed by atoms with Crippen LogP contribution in [0.3, 0.4) is 0 Å². The minimum absolute atomic E-state index is 0.233. The summed E-state index contributed by atoms with van der Waals surface area (Å²) in [7, 11) is 0. The number of carbonyl (C=O) groups excluding carboxylic acids is 2. The summed E-state index contributed by atoms with van der Waals surface area (Å²) in [5.74, 6) is -1.34. The molecule has 0 heterocycles. The van der Waals surface area contributed by atoms with Gasteiger partial charge in [-0.15, -0.1) is 0 Å². The smallest absolute Gasteiger partial charge is 0.344 e. The number of esters is 1. The molecule has 0 aliphatic rings. The molecule has 0 fully saturated rings. The van der Waals surface area contributed by atoms with Gasteiger partial charge in [-0.2, -0.15) is 0 Å². The lowest BCUT2D eigenvalue weighted by molar-refractivity contribution is -0.145. The molecule has 35 heavy (non-hydrogen) atoms. The zero-order valence-electron chi connectivity index (χ0n) is 20.7. The molecule has 2 rings (SSSR count). The third kappa shape index (κ3) is 9.31. The number of anilines is 1. The van der Waals surface area contributed by atoms with E-state index in [0.29, 0.717) is 36.4 Å². The molecule has 1 amide bonds. The number of benzene rings is 2. The van der Waals surface area contributed by atoms with E-state index in [1.54, 1.807) is 49.4 Å². The maximum absolute atomic E-state index is 12.9. The van der Waals surface area contributed by atoms with Gasteiger partial charge in [-0.3, -0.25) is 9.59 Å². The van der Waals surface area contributed by atoms with Crippen LogP contribution in [0.15, 0.2) is 42.5 Å². The molecule has 190 valence electrons. The van der Waals surface area contributed by atoms with Crippen LogP contribution in [0.4, 0.5) is 5.69 Å². The van der Waals surface area contributed by atoms with Crippen molar-refractivity contribution in [1.82, 2.24) is 0 Å². The summed E-state index contributed by atoms with van der Waals surface area (Å²) in [6.07, 6.45) is 3.97. The Labute approximate surface area is 206 Å². The van der Waals surface area contributed by atoms with E-state index in [9.17, 15) is 19.5 Å². The Morgan fingerprint density at radius 3 is 2.34 bits per heavy atom. The Hall–Kier alpha value is -3.55. The molecular formula is C27H35NO7. The van der Waals surface area contributed by atoms with Gasteiger partial charge in [0.25, 0.3) is 5.91 Å². The molecule has 1 unspecified atom stereocenters. The van der Waals surface area contributed by atoms with Crippen molar-refractivity contribution in [3.63, 3.8) is 0 Å². The SMILES string of the molecule is CCCCCOc1ccc(C(=O)Nc2cc(CC(CC)C(=O)O)ccc2OCC(=O)OCC)cc1. The van der Waals surface area contributed by atoms with E-state index in [1.165, 1.54) is 0 Å². The van der Waals surface area contributed by atoms with Gasteiger partial charge in [0, 0.05) is 5.56 Å². The first-order valence-corrected chi connectivity index (χ1v) is 12.1. The fraction of sp³-hybridized carbons (Fsp3) is 0.444. The summed E-state index contributed by atoms with van der Waals surface area (Å²) in [5.41, 5.74) is 1.50. The summed E-state index contributed by atoms with van der Waals surface area (Å²) >= 11 is 0. The van der Waals surface area contributed by atoms with Gasteiger partial charge in [-0.25, -0.2) is 4.79 Å². The van der Waals surface area contributed by atoms with Crippen molar-refractivity contribution >= 4 is 23.5 Å². The van der Waals surface area contributed by atoms with E-state index in [-0.39, 0.29) is 24.9 Å². The van der Waals surface area contributed by atoms with Gasteiger partial charge >= 0.3 is 11.9 Å². The summed E-state index contributed by atoms with van der Waals surface area (Å²) in [6.45, 7) is 6.19. The van der Waals surface area contributed by atoms with E-state index in [4.69, 9.17) is 14.2 Å². The van der Waals surface area contributed by atoms with Crippen LogP contribution in [0.25, 0.3) is 0 Å². The number of ether oxygens (including phenoxy) is 3. The monoisotopic (exact) mass is 485 g/mol.